The van der Waals surface area contributed by atoms with Crippen LogP contribution in [0.4, 0.5) is 0 Å². The molecule has 3 nitrogen and oxygen atoms in total. The van der Waals surface area contributed by atoms with Crippen molar-refractivity contribution in [3.05, 3.63) is 35.4 Å². The van der Waals surface area contributed by atoms with Crippen LogP contribution in [0.15, 0.2) is 24.3 Å². The first-order chi connectivity index (χ1) is 9.08. The third-order valence-electron chi connectivity index (χ3n) is 3.06. The van der Waals surface area contributed by atoms with Gasteiger partial charge in [-0.3, -0.25) is 4.79 Å². The number of aliphatic hydroxyl groups is 1. The summed E-state index contributed by atoms with van der Waals surface area (Å²) in [5.74, 6) is 1.16. The molecule has 1 aromatic rings. The molecule has 0 aromatic heterocycles. The molecule has 1 rings (SSSR count). The zero-order valence-electron chi connectivity index (χ0n) is 11.8. The van der Waals surface area contributed by atoms with Crippen LogP contribution in [0.2, 0.25) is 0 Å². The highest BCUT2D eigenvalue weighted by Gasteiger charge is 2.16. The summed E-state index contributed by atoms with van der Waals surface area (Å²) in [6, 6.07) is 7.72. The number of hydrogen-bond donors (Lipinski definition) is 2. The Kier molecular flexibility index (Phi) is 6.95. The second kappa shape index (κ2) is 8.23. The first kappa shape index (κ1) is 16.1. The molecule has 0 saturated heterocycles. The average molecular weight is 281 g/mol. The van der Waals surface area contributed by atoms with E-state index in [1.165, 1.54) is 0 Å². The van der Waals surface area contributed by atoms with Gasteiger partial charge in [-0.2, -0.15) is 11.8 Å². The number of hydrogen-bond acceptors (Lipinski definition) is 3. The van der Waals surface area contributed by atoms with Gasteiger partial charge in [-0.15, -0.1) is 0 Å². The predicted octanol–water partition coefficient (Wildman–Crippen LogP) is 2.69. The number of aliphatic hydroxyl groups excluding tert-OH is 1. The molecule has 0 fully saturated rings. The van der Waals surface area contributed by atoms with Gasteiger partial charge in [-0.05, 0) is 36.3 Å². The Morgan fingerprint density at radius 1 is 1.42 bits per heavy atom. The third kappa shape index (κ3) is 5.25. The van der Waals surface area contributed by atoms with Crippen molar-refractivity contribution < 1.29 is 9.90 Å². The van der Waals surface area contributed by atoms with Gasteiger partial charge in [0.2, 0.25) is 0 Å². The van der Waals surface area contributed by atoms with Gasteiger partial charge in [0.25, 0.3) is 5.91 Å². The number of carbonyl (C=O) groups excluding carboxylic acids is 1. The zero-order chi connectivity index (χ0) is 14.3. The van der Waals surface area contributed by atoms with Gasteiger partial charge in [0.15, 0.2) is 0 Å². The predicted molar refractivity (Wildman–Crippen MR) is 81.5 cm³/mol. The van der Waals surface area contributed by atoms with Gasteiger partial charge in [0.05, 0.1) is 0 Å². The van der Waals surface area contributed by atoms with Crippen LogP contribution >= 0.6 is 11.8 Å². The molecule has 0 saturated carbocycles. The normalized spacial score (nSPS) is 12.5. The van der Waals surface area contributed by atoms with Gasteiger partial charge in [-0.25, -0.2) is 0 Å². The zero-order valence-corrected chi connectivity index (χ0v) is 12.7. The topological polar surface area (TPSA) is 49.3 Å². The maximum absolute atomic E-state index is 12.2. The number of amides is 1. The van der Waals surface area contributed by atoms with Gasteiger partial charge >= 0.3 is 0 Å². The van der Waals surface area contributed by atoms with E-state index in [1.54, 1.807) is 11.8 Å². The van der Waals surface area contributed by atoms with E-state index >= 15 is 0 Å². The minimum absolute atomic E-state index is 0.0155. The van der Waals surface area contributed by atoms with E-state index in [1.807, 2.05) is 44.4 Å². The summed E-state index contributed by atoms with van der Waals surface area (Å²) in [4.78, 5) is 12.2. The fraction of sp³-hybridized carbons (Fsp3) is 0.533. The number of nitrogens with one attached hydrogen (secondary N) is 1. The highest BCUT2D eigenvalue weighted by molar-refractivity contribution is 7.97. The van der Waals surface area contributed by atoms with Crippen LogP contribution in [0.5, 0.6) is 0 Å². The van der Waals surface area contributed by atoms with Gasteiger partial charge in [0, 0.05) is 24.0 Å². The molecule has 1 aromatic carbocycles. The molecular formula is C15H23NO2S. The third-order valence-corrected chi connectivity index (χ3v) is 3.68. The van der Waals surface area contributed by atoms with Crippen LogP contribution in [0.3, 0.4) is 0 Å². The molecule has 2 N–H and O–H groups in total. The molecule has 0 heterocycles. The van der Waals surface area contributed by atoms with Crippen molar-refractivity contribution >= 4 is 17.7 Å². The quantitative estimate of drug-likeness (QED) is 0.808. The lowest BCUT2D eigenvalue weighted by molar-refractivity contribution is 0.0916. The first-order valence-electron chi connectivity index (χ1n) is 6.58. The van der Waals surface area contributed by atoms with Crippen molar-refractivity contribution in [2.24, 2.45) is 5.92 Å². The molecule has 0 bridgehead atoms. The lowest BCUT2D eigenvalue weighted by atomic mass is 10.0. The van der Waals surface area contributed by atoms with Crippen molar-refractivity contribution in [3.63, 3.8) is 0 Å². The molecule has 1 unspecified atom stereocenters. The second-order valence-corrected chi connectivity index (χ2v) is 5.84. The van der Waals surface area contributed by atoms with E-state index < -0.39 is 0 Å². The number of rotatable bonds is 7. The maximum atomic E-state index is 12.2. The molecule has 106 valence electrons. The van der Waals surface area contributed by atoms with Crippen LogP contribution in [-0.2, 0) is 5.75 Å². The lowest BCUT2D eigenvalue weighted by Crippen LogP contribution is -2.39. The minimum Gasteiger partial charge on any atom is -0.396 e. The number of benzene rings is 1. The Balaban J connectivity index is 2.73. The summed E-state index contributed by atoms with van der Waals surface area (Å²) in [5, 5.41) is 12.0. The maximum Gasteiger partial charge on any atom is 0.251 e. The monoisotopic (exact) mass is 281 g/mol. The summed E-state index contributed by atoms with van der Waals surface area (Å²) in [6.07, 6.45) is 2.64. The largest absolute Gasteiger partial charge is 0.396 e. The molecule has 0 aliphatic rings. The van der Waals surface area contributed by atoms with E-state index in [2.05, 4.69) is 5.32 Å². The summed E-state index contributed by atoms with van der Waals surface area (Å²) in [5.41, 5.74) is 1.85. The Hall–Kier alpha value is -1.00. The van der Waals surface area contributed by atoms with E-state index in [0.717, 1.165) is 11.3 Å². The van der Waals surface area contributed by atoms with Crippen LogP contribution < -0.4 is 5.32 Å². The molecule has 0 spiro atoms. The summed E-state index contributed by atoms with van der Waals surface area (Å²) >= 11 is 1.74. The van der Waals surface area contributed by atoms with E-state index in [4.69, 9.17) is 5.11 Å². The highest BCUT2D eigenvalue weighted by atomic mass is 32.2. The Labute approximate surface area is 119 Å². The van der Waals surface area contributed by atoms with E-state index in [9.17, 15) is 4.79 Å². The molecule has 1 atom stereocenters. The molecule has 4 heteroatoms. The minimum atomic E-state index is -0.0601. The van der Waals surface area contributed by atoms with Crippen molar-refractivity contribution in [2.45, 2.75) is 32.1 Å². The van der Waals surface area contributed by atoms with Crippen LogP contribution in [0.25, 0.3) is 0 Å². The van der Waals surface area contributed by atoms with Crippen molar-refractivity contribution in [1.82, 2.24) is 5.32 Å². The SMILES string of the molecule is CSCc1cccc(C(=O)NC(CCO)C(C)C)c1. The van der Waals surface area contributed by atoms with Crippen molar-refractivity contribution in [3.8, 4) is 0 Å². The first-order valence-corrected chi connectivity index (χ1v) is 7.97. The van der Waals surface area contributed by atoms with E-state index in [0.29, 0.717) is 17.9 Å². The summed E-state index contributed by atoms with van der Waals surface area (Å²) < 4.78 is 0. The van der Waals surface area contributed by atoms with Crippen LogP contribution in [0, 0.1) is 5.92 Å². The van der Waals surface area contributed by atoms with Gasteiger partial charge in [0.1, 0.15) is 0 Å². The summed E-state index contributed by atoms with van der Waals surface area (Å²) in [7, 11) is 0. The molecule has 1 amide bonds. The smallest absolute Gasteiger partial charge is 0.251 e. The Morgan fingerprint density at radius 3 is 2.74 bits per heavy atom. The highest BCUT2D eigenvalue weighted by Crippen LogP contribution is 2.13. The number of carbonyl (C=O) groups is 1. The molecule has 0 radical (unpaired) electrons. The summed E-state index contributed by atoms with van der Waals surface area (Å²) in [6.45, 7) is 4.19. The van der Waals surface area contributed by atoms with Crippen molar-refractivity contribution in [1.29, 1.82) is 0 Å². The fourth-order valence-corrected chi connectivity index (χ4v) is 2.44. The molecular weight excluding hydrogens is 258 g/mol. The van der Waals surface area contributed by atoms with E-state index in [-0.39, 0.29) is 18.6 Å². The average Bonchev–Trinajstić information content (AvgIpc) is 2.38. The van der Waals surface area contributed by atoms with Gasteiger partial charge in [-0.1, -0.05) is 26.0 Å². The Bertz CT molecular complexity index is 407. The molecule has 19 heavy (non-hydrogen) atoms. The van der Waals surface area contributed by atoms with Crippen LogP contribution in [-0.4, -0.2) is 29.9 Å². The Morgan fingerprint density at radius 2 is 2.16 bits per heavy atom. The van der Waals surface area contributed by atoms with Gasteiger partial charge < -0.3 is 10.4 Å². The molecule has 0 aliphatic heterocycles. The van der Waals surface area contributed by atoms with Crippen molar-refractivity contribution in [2.75, 3.05) is 12.9 Å². The van der Waals surface area contributed by atoms with Crippen LogP contribution in [0.1, 0.15) is 36.2 Å². The molecule has 0 aliphatic carbocycles. The standard InChI is InChI=1S/C15H23NO2S/c1-11(2)14(7-8-17)16-15(18)13-6-4-5-12(9-13)10-19-3/h4-6,9,11,14,17H,7-8,10H2,1-3H3,(H,16,18). The second-order valence-electron chi connectivity index (χ2n) is 4.97. The number of thioether (sulfide) groups is 1. The lowest BCUT2D eigenvalue weighted by Gasteiger charge is -2.21. The fourth-order valence-electron chi connectivity index (χ4n) is 1.93.